The van der Waals surface area contributed by atoms with Crippen molar-refractivity contribution in [3.63, 3.8) is 0 Å². The average molecular weight is 313 g/mol. The molecule has 21 heavy (non-hydrogen) atoms. The highest BCUT2D eigenvalue weighted by Gasteiger charge is 2.30. The topological polar surface area (TPSA) is 0 Å². The average Bonchev–Trinajstić information content (AvgIpc) is 2.45. The van der Waals surface area contributed by atoms with E-state index in [1.807, 2.05) is 30.3 Å². The molecule has 0 saturated heterocycles. The first-order chi connectivity index (χ1) is 9.88. The van der Waals surface area contributed by atoms with Gasteiger partial charge in [0.25, 0.3) is 0 Å². The van der Waals surface area contributed by atoms with Crippen LogP contribution in [0.25, 0.3) is 0 Å². The largest absolute Gasteiger partial charge is 0.416 e. The zero-order valence-corrected chi connectivity index (χ0v) is 12.4. The van der Waals surface area contributed by atoms with Gasteiger partial charge in [-0.2, -0.15) is 13.2 Å². The van der Waals surface area contributed by atoms with Crippen LogP contribution >= 0.6 is 11.6 Å². The van der Waals surface area contributed by atoms with Gasteiger partial charge in [0, 0.05) is 0 Å². The van der Waals surface area contributed by atoms with Crippen LogP contribution in [-0.2, 0) is 12.6 Å². The van der Waals surface area contributed by atoms with E-state index in [2.05, 4.69) is 0 Å². The van der Waals surface area contributed by atoms with Crippen LogP contribution in [0.1, 0.15) is 34.1 Å². The molecular weight excluding hydrogens is 297 g/mol. The fourth-order valence-corrected chi connectivity index (χ4v) is 2.52. The first kappa shape index (κ1) is 15.9. The van der Waals surface area contributed by atoms with Crippen LogP contribution in [0, 0.1) is 6.92 Å². The van der Waals surface area contributed by atoms with Gasteiger partial charge in [0.1, 0.15) is 0 Å². The highest BCUT2D eigenvalue weighted by Crippen LogP contribution is 2.31. The first-order valence-corrected chi connectivity index (χ1v) is 7.17. The van der Waals surface area contributed by atoms with Crippen molar-refractivity contribution in [1.82, 2.24) is 0 Å². The van der Waals surface area contributed by atoms with Crippen molar-refractivity contribution >= 4 is 11.6 Å². The molecule has 0 radical (unpaired) electrons. The molecule has 1 atom stereocenters. The molecule has 2 rings (SSSR count). The molecule has 112 valence electrons. The molecule has 2 aromatic rings. The summed E-state index contributed by atoms with van der Waals surface area (Å²) in [7, 11) is 0. The molecule has 0 nitrogen and oxygen atoms in total. The Morgan fingerprint density at radius 2 is 1.71 bits per heavy atom. The smallest absolute Gasteiger partial charge is 0.166 e. The summed E-state index contributed by atoms with van der Waals surface area (Å²) in [5.41, 5.74) is 1.99. The van der Waals surface area contributed by atoms with Gasteiger partial charge in [-0.15, -0.1) is 11.6 Å². The van der Waals surface area contributed by atoms with E-state index in [-0.39, 0.29) is 5.38 Å². The predicted octanol–water partition coefficient (Wildman–Crippen LogP) is 5.93. The first-order valence-electron chi connectivity index (χ1n) is 6.73. The van der Waals surface area contributed by atoms with Crippen molar-refractivity contribution in [2.24, 2.45) is 0 Å². The molecule has 1 unspecified atom stereocenters. The van der Waals surface area contributed by atoms with Gasteiger partial charge in [0.05, 0.1) is 10.9 Å². The fraction of sp³-hybridized carbons (Fsp3) is 0.294. The van der Waals surface area contributed by atoms with Crippen LogP contribution in [0.5, 0.6) is 0 Å². The lowest BCUT2D eigenvalue weighted by atomic mass is 9.98. The molecular formula is C17H16ClF3. The van der Waals surface area contributed by atoms with Crippen molar-refractivity contribution in [3.05, 3.63) is 70.8 Å². The number of hydrogen-bond donors (Lipinski definition) is 0. The number of alkyl halides is 4. The maximum absolute atomic E-state index is 12.6. The second-order valence-corrected chi connectivity index (χ2v) is 5.58. The third kappa shape index (κ3) is 4.24. The fourth-order valence-electron chi connectivity index (χ4n) is 2.26. The van der Waals surface area contributed by atoms with Crippen LogP contribution in [0.15, 0.2) is 48.5 Å². The van der Waals surface area contributed by atoms with E-state index in [4.69, 9.17) is 11.6 Å². The van der Waals surface area contributed by atoms with Crippen LogP contribution in [-0.4, -0.2) is 0 Å². The highest BCUT2D eigenvalue weighted by atomic mass is 35.5. The van der Waals surface area contributed by atoms with E-state index in [0.717, 1.165) is 17.2 Å². The molecule has 0 fully saturated rings. The van der Waals surface area contributed by atoms with Gasteiger partial charge < -0.3 is 0 Å². The van der Waals surface area contributed by atoms with E-state index in [1.54, 1.807) is 13.0 Å². The molecule has 0 bridgehead atoms. The molecule has 4 heteroatoms. The Kier molecular flexibility index (Phi) is 4.94. The van der Waals surface area contributed by atoms with Gasteiger partial charge >= 0.3 is 6.18 Å². The van der Waals surface area contributed by atoms with Gasteiger partial charge in [-0.05, 0) is 48.6 Å². The zero-order valence-electron chi connectivity index (χ0n) is 11.6. The van der Waals surface area contributed by atoms with Crippen molar-refractivity contribution in [1.29, 1.82) is 0 Å². The monoisotopic (exact) mass is 312 g/mol. The maximum Gasteiger partial charge on any atom is 0.416 e. The Balaban J connectivity index is 2.04. The van der Waals surface area contributed by atoms with Crippen LogP contribution in [0.3, 0.4) is 0 Å². The summed E-state index contributed by atoms with van der Waals surface area (Å²) in [6.45, 7) is 1.70. The minimum atomic E-state index is -4.29. The Labute approximate surface area is 127 Å². The lowest BCUT2D eigenvalue weighted by Gasteiger charge is -2.13. The Morgan fingerprint density at radius 1 is 1.05 bits per heavy atom. The van der Waals surface area contributed by atoms with E-state index in [1.165, 1.54) is 6.07 Å². The summed E-state index contributed by atoms with van der Waals surface area (Å²) in [5, 5.41) is -0.132. The molecule has 0 aliphatic rings. The van der Waals surface area contributed by atoms with Gasteiger partial charge in [-0.25, -0.2) is 0 Å². The molecule has 0 heterocycles. The van der Waals surface area contributed by atoms with Crippen LogP contribution in [0.4, 0.5) is 13.2 Å². The Morgan fingerprint density at radius 3 is 2.29 bits per heavy atom. The third-order valence-corrected chi connectivity index (χ3v) is 3.97. The van der Waals surface area contributed by atoms with Crippen molar-refractivity contribution in [2.75, 3.05) is 0 Å². The minimum absolute atomic E-state index is 0.132. The summed E-state index contributed by atoms with van der Waals surface area (Å²) in [6.07, 6.45) is -2.94. The van der Waals surface area contributed by atoms with E-state index in [0.29, 0.717) is 18.4 Å². The summed E-state index contributed by atoms with van der Waals surface area (Å²) >= 11 is 6.33. The predicted molar refractivity (Wildman–Crippen MR) is 79.5 cm³/mol. The molecule has 0 N–H and O–H groups in total. The number of rotatable bonds is 4. The summed E-state index contributed by atoms with van der Waals surface area (Å²) in [5.74, 6) is 0. The lowest BCUT2D eigenvalue weighted by molar-refractivity contribution is -0.137. The standard InChI is InChI=1S/C17H16ClF3/c1-12-11-15(17(19,20)21)9-7-13(12)8-10-16(18)14-5-3-2-4-6-14/h2-7,9,11,16H,8,10H2,1H3. The van der Waals surface area contributed by atoms with Crippen molar-refractivity contribution in [3.8, 4) is 0 Å². The molecule has 0 aromatic heterocycles. The van der Waals surface area contributed by atoms with Crippen LogP contribution < -0.4 is 0 Å². The summed E-state index contributed by atoms with van der Waals surface area (Å²) < 4.78 is 37.8. The Hall–Kier alpha value is -1.48. The number of hydrogen-bond acceptors (Lipinski definition) is 0. The van der Waals surface area contributed by atoms with Crippen molar-refractivity contribution < 1.29 is 13.2 Å². The zero-order chi connectivity index (χ0) is 15.5. The molecule has 2 aromatic carbocycles. The molecule has 0 spiro atoms. The summed E-state index contributed by atoms with van der Waals surface area (Å²) in [6, 6.07) is 13.6. The van der Waals surface area contributed by atoms with Gasteiger partial charge in [0.15, 0.2) is 0 Å². The minimum Gasteiger partial charge on any atom is -0.166 e. The van der Waals surface area contributed by atoms with Gasteiger partial charge in [-0.1, -0.05) is 36.4 Å². The quantitative estimate of drug-likeness (QED) is 0.614. The molecule has 0 aliphatic carbocycles. The number of aryl methyl sites for hydroxylation is 2. The van der Waals surface area contributed by atoms with E-state index in [9.17, 15) is 13.2 Å². The molecule has 0 amide bonds. The van der Waals surface area contributed by atoms with Gasteiger partial charge in [0.2, 0.25) is 0 Å². The highest BCUT2D eigenvalue weighted by molar-refractivity contribution is 6.20. The number of halogens is 4. The maximum atomic E-state index is 12.6. The van der Waals surface area contributed by atoms with E-state index >= 15 is 0 Å². The molecule has 0 aliphatic heterocycles. The van der Waals surface area contributed by atoms with Gasteiger partial charge in [-0.3, -0.25) is 0 Å². The SMILES string of the molecule is Cc1cc(C(F)(F)F)ccc1CCC(Cl)c1ccccc1. The molecule has 0 saturated carbocycles. The second-order valence-electron chi connectivity index (χ2n) is 5.06. The normalized spacial score (nSPS) is 13.2. The van der Waals surface area contributed by atoms with Crippen molar-refractivity contribution in [2.45, 2.75) is 31.3 Å². The summed E-state index contributed by atoms with van der Waals surface area (Å²) in [4.78, 5) is 0. The third-order valence-electron chi connectivity index (χ3n) is 3.50. The second kappa shape index (κ2) is 6.52. The number of benzene rings is 2. The van der Waals surface area contributed by atoms with Crippen LogP contribution in [0.2, 0.25) is 0 Å². The Bertz CT molecular complexity index is 591. The van der Waals surface area contributed by atoms with E-state index < -0.39 is 11.7 Å². The lowest BCUT2D eigenvalue weighted by Crippen LogP contribution is -2.06.